The number of ketones is 1. The van der Waals surface area contributed by atoms with Crippen LogP contribution in [0.5, 0.6) is 0 Å². The van der Waals surface area contributed by atoms with Gasteiger partial charge in [-0.25, -0.2) is 4.79 Å². The minimum Gasteiger partial charge on any atom is -0.454 e. The third-order valence-corrected chi connectivity index (χ3v) is 4.28. The lowest BCUT2D eigenvalue weighted by Crippen LogP contribution is -2.19. The highest BCUT2D eigenvalue weighted by molar-refractivity contribution is 9.10. The van der Waals surface area contributed by atoms with Crippen molar-refractivity contribution in [3.05, 3.63) is 63.6 Å². The Morgan fingerprint density at radius 2 is 1.65 bits per heavy atom. The largest absolute Gasteiger partial charge is 0.454 e. The second-order valence-electron chi connectivity index (χ2n) is 6.18. The number of carbonyl (C=O) groups excluding carboxylic acids is 3. The number of rotatable bonds is 6. The molecule has 0 atom stereocenters. The number of carbonyl (C=O) groups is 3. The minimum atomic E-state index is -0.615. The zero-order chi connectivity index (χ0) is 19.3. The van der Waals surface area contributed by atoms with Crippen molar-refractivity contribution in [2.45, 2.75) is 20.8 Å². The molecule has 2 rings (SSSR count). The summed E-state index contributed by atoms with van der Waals surface area (Å²) in [5.41, 5.74) is 2.13. The van der Waals surface area contributed by atoms with Gasteiger partial charge in [0.1, 0.15) is 0 Å². The van der Waals surface area contributed by atoms with E-state index in [9.17, 15) is 14.4 Å². The van der Waals surface area contributed by atoms with Crippen molar-refractivity contribution in [1.29, 1.82) is 0 Å². The van der Waals surface area contributed by atoms with Gasteiger partial charge in [0.25, 0.3) is 0 Å². The fraction of sp³-hybridized carbons (Fsp3) is 0.250. The van der Waals surface area contributed by atoms with Gasteiger partial charge in [-0.05, 0) is 36.8 Å². The van der Waals surface area contributed by atoms with Gasteiger partial charge < -0.3 is 10.1 Å². The molecule has 136 valence electrons. The molecule has 0 aliphatic heterocycles. The van der Waals surface area contributed by atoms with Crippen molar-refractivity contribution < 1.29 is 19.1 Å². The summed E-state index contributed by atoms with van der Waals surface area (Å²) in [5.74, 6) is -1.21. The van der Waals surface area contributed by atoms with Gasteiger partial charge in [0, 0.05) is 21.6 Å². The van der Waals surface area contributed by atoms with Crippen molar-refractivity contribution in [3.63, 3.8) is 0 Å². The number of anilines is 1. The molecule has 0 bridgehead atoms. The highest BCUT2D eigenvalue weighted by Gasteiger charge is 2.15. The Bertz CT molecular complexity index is 828. The Balaban J connectivity index is 2.04. The molecular weight excluding hydrogens is 398 g/mol. The van der Waals surface area contributed by atoms with Gasteiger partial charge in [-0.1, -0.05) is 48.0 Å². The first-order valence-corrected chi connectivity index (χ1v) is 8.94. The summed E-state index contributed by atoms with van der Waals surface area (Å²) in [7, 11) is 0. The molecule has 0 aromatic heterocycles. The zero-order valence-electron chi connectivity index (χ0n) is 14.8. The first-order chi connectivity index (χ1) is 12.3. The van der Waals surface area contributed by atoms with Crippen molar-refractivity contribution in [2.24, 2.45) is 5.92 Å². The molecule has 0 aliphatic rings. The molecule has 6 heteroatoms. The Hall–Kier alpha value is -2.47. The van der Waals surface area contributed by atoms with Crippen LogP contribution in [0.4, 0.5) is 5.69 Å². The van der Waals surface area contributed by atoms with Crippen molar-refractivity contribution in [3.8, 4) is 0 Å². The number of amides is 1. The third-order valence-electron chi connectivity index (χ3n) is 3.76. The second-order valence-corrected chi connectivity index (χ2v) is 7.10. The summed E-state index contributed by atoms with van der Waals surface area (Å²) in [6.45, 7) is 5.07. The predicted octanol–water partition coefficient (Wildman–Crippen LogP) is 4.39. The fourth-order valence-electron chi connectivity index (χ4n) is 2.09. The van der Waals surface area contributed by atoms with Crippen LogP contribution in [0.3, 0.4) is 0 Å². The Kier molecular flexibility index (Phi) is 6.69. The maximum atomic E-state index is 12.2. The summed E-state index contributed by atoms with van der Waals surface area (Å²) in [4.78, 5) is 36.2. The van der Waals surface area contributed by atoms with Gasteiger partial charge in [-0.15, -0.1) is 0 Å². The monoisotopic (exact) mass is 417 g/mol. The molecule has 0 aliphatic carbocycles. The van der Waals surface area contributed by atoms with E-state index in [1.54, 1.807) is 56.3 Å². The van der Waals surface area contributed by atoms with E-state index in [0.717, 1.165) is 10.0 Å². The van der Waals surface area contributed by atoms with Crippen LogP contribution < -0.4 is 5.32 Å². The van der Waals surface area contributed by atoms with Gasteiger partial charge >= 0.3 is 5.97 Å². The second kappa shape index (κ2) is 8.76. The summed E-state index contributed by atoms with van der Waals surface area (Å²) in [6, 6.07) is 11.7. The molecule has 1 N–H and O–H groups in total. The third kappa shape index (κ3) is 5.26. The molecular formula is C20H20BrNO4. The average molecular weight is 418 g/mol. The molecule has 2 aromatic carbocycles. The van der Waals surface area contributed by atoms with E-state index in [0.29, 0.717) is 11.3 Å². The van der Waals surface area contributed by atoms with E-state index < -0.39 is 5.97 Å². The van der Waals surface area contributed by atoms with Crippen LogP contribution in [0.2, 0.25) is 0 Å². The zero-order valence-corrected chi connectivity index (χ0v) is 16.4. The molecule has 0 unspecified atom stereocenters. The number of hydrogen-bond donors (Lipinski definition) is 1. The minimum absolute atomic E-state index is 0.135. The molecule has 1 amide bonds. The SMILES string of the molecule is Cc1ccc(C(=O)OCC(=O)c2ccc(Br)cc2)cc1NC(=O)C(C)C. The lowest BCUT2D eigenvalue weighted by Gasteiger charge is -2.12. The Morgan fingerprint density at radius 1 is 1.04 bits per heavy atom. The topological polar surface area (TPSA) is 72.5 Å². The molecule has 0 fully saturated rings. The molecule has 5 nitrogen and oxygen atoms in total. The van der Waals surface area contributed by atoms with Crippen LogP contribution in [0, 0.1) is 12.8 Å². The predicted molar refractivity (Wildman–Crippen MR) is 103 cm³/mol. The van der Waals surface area contributed by atoms with Gasteiger partial charge in [0.2, 0.25) is 5.91 Å². The van der Waals surface area contributed by atoms with Gasteiger partial charge in [-0.2, -0.15) is 0 Å². The normalized spacial score (nSPS) is 10.5. The van der Waals surface area contributed by atoms with Crippen molar-refractivity contribution in [1.82, 2.24) is 0 Å². The highest BCUT2D eigenvalue weighted by atomic mass is 79.9. The maximum Gasteiger partial charge on any atom is 0.338 e. The summed E-state index contributed by atoms with van der Waals surface area (Å²) in [5, 5.41) is 2.78. The number of benzene rings is 2. The van der Waals surface area contributed by atoms with Gasteiger partial charge in [-0.3, -0.25) is 9.59 Å². The smallest absolute Gasteiger partial charge is 0.338 e. The van der Waals surface area contributed by atoms with Crippen molar-refractivity contribution >= 4 is 39.3 Å². The van der Waals surface area contributed by atoms with Crippen LogP contribution in [0.25, 0.3) is 0 Å². The summed E-state index contributed by atoms with van der Waals surface area (Å²) < 4.78 is 5.97. The number of aryl methyl sites for hydroxylation is 1. The van der Waals surface area contributed by atoms with Crippen LogP contribution in [-0.4, -0.2) is 24.3 Å². The average Bonchev–Trinajstić information content (AvgIpc) is 2.61. The standard InChI is InChI=1S/C20H20BrNO4/c1-12(2)19(24)22-17-10-15(5-4-13(17)3)20(25)26-11-18(23)14-6-8-16(21)9-7-14/h4-10,12H,11H2,1-3H3,(H,22,24). The van der Waals surface area contributed by atoms with Crippen molar-refractivity contribution in [2.75, 3.05) is 11.9 Å². The van der Waals surface area contributed by atoms with E-state index in [1.807, 2.05) is 6.92 Å². The number of hydrogen-bond acceptors (Lipinski definition) is 4. The lowest BCUT2D eigenvalue weighted by molar-refractivity contribution is -0.118. The number of nitrogens with one attached hydrogen (secondary N) is 1. The number of ether oxygens (including phenoxy) is 1. The summed E-state index contributed by atoms with van der Waals surface area (Å²) in [6.07, 6.45) is 0. The Morgan fingerprint density at radius 3 is 2.27 bits per heavy atom. The van der Waals surface area contributed by atoms with Crippen LogP contribution >= 0.6 is 15.9 Å². The number of esters is 1. The van der Waals surface area contributed by atoms with Gasteiger partial charge in [0.15, 0.2) is 12.4 Å². The van der Waals surface area contributed by atoms with Gasteiger partial charge in [0.05, 0.1) is 5.56 Å². The first-order valence-electron chi connectivity index (χ1n) is 8.15. The molecule has 0 saturated heterocycles. The van der Waals surface area contributed by atoms with E-state index in [2.05, 4.69) is 21.2 Å². The van der Waals surface area contributed by atoms with E-state index in [1.165, 1.54) is 0 Å². The quantitative estimate of drug-likeness (QED) is 0.558. The first kappa shape index (κ1) is 19.8. The van der Waals surface area contributed by atoms with E-state index >= 15 is 0 Å². The van der Waals surface area contributed by atoms with Crippen LogP contribution in [-0.2, 0) is 9.53 Å². The fourth-order valence-corrected chi connectivity index (χ4v) is 2.36. The van der Waals surface area contributed by atoms with E-state index in [-0.39, 0.29) is 29.8 Å². The highest BCUT2D eigenvalue weighted by Crippen LogP contribution is 2.19. The molecule has 0 saturated carbocycles. The molecule has 0 spiro atoms. The molecule has 26 heavy (non-hydrogen) atoms. The van der Waals surface area contributed by atoms with E-state index in [4.69, 9.17) is 4.74 Å². The number of halogens is 1. The Labute approximate surface area is 160 Å². The molecule has 0 heterocycles. The van der Waals surface area contributed by atoms with Crippen LogP contribution in [0.15, 0.2) is 46.9 Å². The maximum absolute atomic E-state index is 12.2. The number of Topliss-reactive ketones (excluding diaryl/α,β-unsaturated/α-hetero) is 1. The molecule has 2 aromatic rings. The molecule has 0 radical (unpaired) electrons. The summed E-state index contributed by atoms with van der Waals surface area (Å²) >= 11 is 3.30. The van der Waals surface area contributed by atoms with Crippen LogP contribution in [0.1, 0.15) is 40.1 Å². The lowest BCUT2D eigenvalue weighted by atomic mass is 10.1.